The Bertz CT molecular complexity index is 1240. The van der Waals surface area contributed by atoms with E-state index >= 15 is 0 Å². The van der Waals surface area contributed by atoms with Crippen molar-refractivity contribution in [3.8, 4) is 6.07 Å². The normalized spacial score (nSPS) is 10.9. The number of benzene rings is 2. The number of aryl methyl sites for hydroxylation is 1. The lowest BCUT2D eigenvalue weighted by Crippen LogP contribution is -2.40. The van der Waals surface area contributed by atoms with E-state index in [0.29, 0.717) is 31.7 Å². The molecule has 4 rings (SSSR count). The highest BCUT2D eigenvalue weighted by molar-refractivity contribution is 5.78. The summed E-state index contributed by atoms with van der Waals surface area (Å²) in [6.07, 6.45) is 2.41. The molecule has 1 amide bonds. The quantitative estimate of drug-likeness (QED) is 0.298. The van der Waals surface area contributed by atoms with E-state index in [1.54, 1.807) is 18.4 Å². The summed E-state index contributed by atoms with van der Waals surface area (Å²) in [6.45, 7) is 4.21. The van der Waals surface area contributed by atoms with Crippen LogP contribution in [0, 0.1) is 18.3 Å². The molecule has 0 fully saturated rings. The van der Waals surface area contributed by atoms with Crippen LogP contribution in [0.1, 0.15) is 34.0 Å². The van der Waals surface area contributed by atoms with E-state index in [9.17, 15) is 4.79 Å². The molecular weight excluding hydrogens is 438 g/mol. The van der Waals surface area contributed by atoms with Crippen molar-refractivity contribution in [3.05, 3.63) is 119 Å². The molecule has 0 atom stereocenters. The van der Waals surface area contributed by atoms with Gasteiger partial charge in [0.25, 0.3) is 0 Å². The summed E-state index contributed by atoms with van der Waals surface area (Å²) < 4.78 is 11.3. The lowest BCUT2D eigenvalue weighted by atomic mass is 10.1. The first-order chi connectivity index (χ1) is 17.1. The molecule has 0 aliphatic heterocycles. The molecule has 6 heteroatoms. The van der Waals surface area contributed by atoms with Gasteiger partial charge in [-0.15, -0.1) is 0 Å². The fourth-order valence-corrected chi connectivity index (χ4v) is 3.98. The van der Waals surface area contributed by atoms with E-state index in [4.69, 9.17) is 14.1 Å². The number of furan rings is 2. The highest BCUT2D eigenvalue weighted by Gasteiger charge is 2.20. The van der Waals surface area contributed by atoms with Gasteiger partial charge in [-0.1, -0.05) is 42.5 Å². The van der Waals surface area contributed by atoms with Crippen LogP contribution in [-0.4, -0.2) is 28.8 Å². The number of hydrogen-bond acceptors (Lipinski definition) is 5. The van der Waals surface area contributed by atoms with Crippen LogP contribution in [0.25, 0.3) is 0 Å². The number of rotatable bonds is 11. The first kappa shape index (κ1) is 24.1. The Morgan fingerprint density at radius 3 is 2.31 bits per heavy atom. The third-order valence-electron chi connectivity index (χ3n) is 5.82. The SMILES string of the molecule is Cc1ccc(CN(CCc2ccccc2)C(=O)CN(Cc2ccc(C#N)cc2)Cc2ccco2)o1. The number of nitriles is 1. The number of hydrogen-bond donors (Lipinski definition) is 0. The minimum Gasteiger partial charge on any atom is -0.468 e. The summed E-state index contributed by atoms with van der Waals surface area (Å²) in [7, 11) is 0. The average molecular weight is 468 g/mol. The smallest absolute Gasteiger partial charge is 0.237 e. The Kier molecular flexibility index (Phi) is 8.16. The van der Waals surface area contributed by atoms with Gasteiger partial charge >= 0.3 is 0 Å². The standard InChI is InChI=1S/C29H29N3O3/c1-23-9-14-28(35-23)21-32(16-15-24-6-3-2-4-7-24)29(33)22-31(20-27-8-5-17-34-27)19-26-12-10-25(18-30)11-13-26/h2-14,17H,15-16,19-22H2,1H3. The van der Waals surface area contributed by atoms with Crippen LogP contribution in [0.3, 0.4) is 0 Å². The third kappa shape index (κ3) is 7.20. The highest BCUT2D eigenvalue weighted by Crippen LogP contribution is 2.15. The van der Waals surface area contributed by atoms with Gasteiger partial charge in [0.2, 0.25) is 5.91 Å². The molecule has 0 unspecified atom stereocenters. The van der Waals surface area contributed by atoms with E-state index in [1.165, 1.54) is 5.56 Å². The zero-order chi connectivity index (χ0) is 24.5. The van der Waals surface area contributed by atoms with Gasteiger partial charge in [-0.25, -0.2) is 0 Å². The molecule has 4 aromatic rings. The van der Waals surface area contributed by atoms with Crippen LogP contribution in [0.15, 0.2) is 94.0 Å². The Morgan fingerprint density at radius 2 is 1.66 bits per heavy atom. The molecule has 0 N–H and O–H groups in total. The van der Waals surface area contributed by atoms with Gasteiger partial charge in [0.15, 0.2) is 0 Å². The number of carbonyl (C=O) groups excluding carboxylic acids is 1. The zero-order valence-electron chi connectivity index (χ0n) is 19.9. The van der Waals surface area contributed by atoms with Crippen molar-refractivity contribution in [2.45, 2.75) is 33.0 Å². The number of amides is 1. The maximum atomic E-state index is 13.6. The third-order valence-corrected chi connectivity index (χ3v) is 5.82. The van der Waals surface area contributed by atoms with Crippen LogP contribution in [0.5, 0.6) is 0 Å². The van der Waals surface area contributed by atoms with Crippen molar-refractivity contribution < 1.29 is 13.6 Å². The minimum atomic E-state index is 0.0233. The van der Waals surface area contributed by atoms with E-state index in [0.717, 1.165) is 29.3 Å². The minimum absolute atomic E-state index is 0.0233. The van der Waals surface area contributed by atoms with Crippen LogP contribution in [0.2, 0.25) is 0 Å². The van der Waals surface area contributed by atoms with Crippen molar-refractivity contribution in [1.29, 1.82) is 5.26 Å². The fraction of sp³-hybridized carbons (Fsp3) is 0.241. The lowest BCUT2D eigenvalue weighted by Gasteiger charge is -2.27. The first-order valence-electron chi connectivity index (χ1n) is 11.7. The van der Waals surface area contributed by atoms with Crippen LogP contribution in [0.4, 0.5) is 0 Å². The summed E-state index contributed by atoms with van der Waals surface area (Å²) in [5.41, 5.74) is 2.83. The van der Waals surface area contributed by atoms with Crippen LogP contribution >= 0.6 is 0 Å². The highest BCUT2D eigenvalue weighted by atomic mass is 16.3. The summed E-state index contributed by atoms with van der Waals surface area (Å²) in [5.74, 6) is 2.42. The van der Waals surface area contributed by atoms with E-state index in [-0.39, 0.29) is 12.5 Å². The molecule has 0 saturated carbocycles. The van der Waals surface area contributed by atoms with Crippen molar-refractivity contribution in [2.75, 3.05) is 13.1 Å². The van der Waals surface area contributed by atoms with Gasteiger partial charge in [0.05, 0.1) is 37.5 Å². The molecule has 6 nitrogen and oxygen atoms in total. The molecule has 0 radical (unpaired) electrons. The Hall–Kier alpha value is -4.08. The van der Waals surface area contributed by atoms with Crippen molar-refractivity contribution in [1.82, 2.24) is 9.80 Å². The van der Waals surface area contributed by atoms with E-state index < -0.39 is 0 Å². The molecular formula is C29H29N3O3. The van der Waals surface area contributed by atoms with Crippen LogP contribution < -0.4 is 0 Å². The molecule has 0 bridgehead atoms. The second-order valence-electron chi connectivity index (χ2n) is 8.60. The maximum Gasteiger partial charge on any atom is 0.237 e. The molecule has 0 spiro atoms. The molecule has 178 valence electrons. The molecule has 0 saturated heterocycles. The second kappa shape index (κ2) is 11.9. The average Bonchev–Trinajstić information content (AvgIpc) is 3.54. The van der Waals surface area contributed by atoms with Gasteiger partial charge in [0.1, 0.15) is 17.3 Å². The van der Waals surface area contributed by atoms with Gasteiger partial charge in [-0.05, 0) is 60.9 Å². The molecule has 0 aliphatic carbocycles. The van der Waals surface area contributed by atoms with Crippen molar-refractivity contribution >= 4 is 5.91 Å². The number of nitrogens with zero attached hydrogens (tertiary/aromatic N) is 3. The van der Waals surface area contributed by atoms with Gasteiger partial charge in [-0.2, -0.15) is 5.26 Å². The second-order valence-corrected chi connectivity index (χ2v) is 8.60. The summed E-state index contributed by atoms with van der Waals surface area (Å²) >= 11 is 0. The molecule has 2 aromatic carbocycles. The first-order valence-corrected chi connectivity index (χ1v) is 11.7. The summed E-state index contributed by atoms with van der Waals surface area (Å²) in [5, 5.41) is 9.09. The van der Waals surface area contributed by atoms with Gasteiger partial charge < -0.3 is 13.7 Å². The lowest BCUT2D eigenvalue weighted by molar-refractivity contribution is -0.133. The van der Waals surface area contributed by atoms with Gasteiger partial charge in [-0.3, -0.25) is 9.69 Å². The van der Waals surface area contributed by atoms with Crippen LogP contribution in [-0.2, 0) is 30.8 Å². The maximum absolute atomic E-state index is 13.6. The van der Waals surface area contributed by atoms with Crippen molar-refractivity contribution in [2.24, 2.45) is 0 Å². The Balaban J connectivity index is 1.49. The van der Waals surface area contributed by atoms with Gasteiger partial charge in [0, 0.05) is 13.1 Å². The van der Waals surface area contributed by atoms with E-state index in [1.807, 2.05) is 66.4 Å². The fourth-order valence-electron chi connectivity index (χ4n) is 3.98. The Labute approximate surface area is 206 Å². The molecule has 2 aromatic heterocycles. The molecule has 35 heavy (non-hydrogen) atoms. The largest absolute Gasteiger partial charge is 0.468 e. The predicted molar refractivity (Wildman–Crippen MR) is 133 cm³/mol. The van der Waals surface area contributed by atoms with Crippen molar-refractivity contribution in [3.63, 3.8) is 0 Å². The topological polar surface area (TPSA) is 73.6 Å². The monoisotopic (exact) mass is 467 g/mol. The van der Waals surface area contributed by atoms with E-state index in [2.05, 4.69) is 23.1 Å². The predicted octanol–water partition coefficient (Wildman–Crippen LogP) is 5.33. The number of carbonyl (C=O) groups is 1. The molecule has 2 heterocycles. The molecule has 0 aliphatic rings. The summed E-state index contributed by atoms with van der Waals surface area (Å²) in [6, 6.07) is 27.4. The zero-order valence-corrected chi connectivity index (χ0v) is 19.9. The Morgan fingerprint density at radius 1 is 0.857 bits per heavy atom. The summed E-state index contributed by atoms with van der Waals surface area (Å²) in [4.78, 5) is 17.5.